The predicted molar refractivity (Wildman–Crippen MR) is 109 cm³/mol. The Morgan fingerprint density at radius 1 is 0.857 bits per heavy atom. The number of rotatable bonds is 5. The first-order valence-electron chi connectivity index (χ1n) is 10.5. The average Bonchev–Trinajstić information content (AvgIpc) is 3.18. The topological polar surface area (TPSA) is 59.1 Å². The van der Waals surface area contributed by atoms with Gasteiger partial charge in [0.15, 0.2) is 0 Å². The lowest BCUT2D eigenvalue weighted by Gasteiger charge is -2.35. The zero-order chi connectivity index (χ0) is 19.3. The number of fused-ring (bicyclic) bond motifs is 1. The molecule has 1 aromatic rings. The van der Waals surface area contributed by atoms with E-state index in [4.69, 9.17) is 0 Å². The van der Waals surface area contributed by atoms with Gasteiger partial charge in [-0.05, 0) is 18.1 Å². The van der Waals surface area contributed by atoms with Crippen LogP contribution in [0.3, 0.4) is 0 Å². The third-order valence-corrected chi connectivity index (χ3v) is 6.12. The van der Waals surface area contributed by atoms with Crippen molar-refractivity contribution in [2.24, 2.45) is 0 Å². The van der Waals surface area contributed by atoms with Gasteiger partial charge in [-0.15, -0.1) is 0 Å². The van der Waals surface area contributed by atoms with Gasteiger partial charge in [-0.2, -0.15) is 0 Å². The molecule has 0 saturated carbocycles. The summed E-state index contributed by atoms with van der Waals surface area (Å²) in [5.74, 6) is 0.471. The van der Waals surface area contributed by atoms with Crippen molar-refractivity contribution in [2.75, 3.05) is 76.9 Å². The first kappa shape index (κ1) is 19.4. The summed E-state index contributed by atoms with van der Waals surface area (Å²) < 4.78 is 0. The van der Waals surface area contributed by atoms with E-state index in [9.17, 15) is 9.59 Å². The van der Waals surface area contributed by atoms with E-state index in [0.717, 1.165) is 77.6 Å². The van der Waals surface area contributed by atoms with Gasteiger partial charge in [0.05, 0.1) is 6.54 Å². The van der Waals surface area contributed by atoms with E-state index >= 15 is 0 Å². The molecule has 2 saturated heterocycles. The Morgan fingerprint density at radius 3 is 2.36 bits per heavy atom. The van der Waals surface area contributed by atoms with Gasteiger partial charge in [-0.3, -0.25) is 14.5 Å². The molecule has 152 valence electrons. The second-order valence-electron chi connectivity index (χ2n) is 7.92. The molecule has 0 spiro atoms. The Morgan fingerprint density at radius 2 is 1.57 bits per heavy atom. The SMILES string of the molecule is O=C(CCN1CCN(CC(=O)N2CCc3ccccc32)CC1)N1CCNCC1. The highest BCUT2D eigenvalue weighted by atomic mass is 16.2. The van der Waals surface area contributed by atoms with Crippen LogP contribution < -0.4 is 10.2 Å². The lowest BCUT2D eigenvalue weighted by Crippen LogP contribution is -2.51. The van der Waals surface area contributed by atoms with Crippen molar-refractivity contribution >= 4 is 17.5 Å². The summed E-state index contributed by atoms with van der Waals surface area (Å²) in [6, 6.07) is 8.21. The normalized spacial score (nSPS) is 21.0. The van der Waals surface area contributed by atoms with Crippen LogP contribution in [0.1, 0.15) is 12.0 Å². The van der Waals surface area contributed by atoms with E-state index < -0.39 is 0 Å². The number of nitrogens with zero attached hydrogens (tertiary/aromatic N) is 4. The summed E-state index contributed by atoms with van der Waals surface area (Å²) in [4.78, 5) is 33.6. The number of amides is 2. The molecule has 1 N–H and O–H groups in total. The molecular formula is C21H31N5O2. The largest absolute Gasteiger partial charge is 0.340 e. The molecule has 7 heteroatoms. The smallest absolute Gasteiger partial charge is 0.241 e. The van der Waals surface area contributed by atoms with E-state index in [1.165, 1.54) is 5.56 Å². The number of nitrogens with one attached hydrogen (secondary N) is 1. The molecule has 2 amide bonds. The van der Waals surface area contributed by atoms with Crippen LogP contribution in [-0.2, 0) is 16.0 Å². The summed E-state index contributed by atoms with van der Waals surface area (Å²) in [5, 5.41) is 3.28. The van der Waals surface area contributed by atoms with Crippen LogP contribution in [0.2, 0.25) is 0 Å². The van der Waals surface area contributed by atoms with Gasteiger partial charge in [0.25, 0.3) is 0 Å². The van der Waals surface area contributed by atoms with Crippen molar-refractivity contribution in [3.05, 3.63) is 29.8 Å². The predicted octanol–water partition coefficient (Wildman–Crippen LogP) is 0.0152. The minimum atomic E-state index is 0.201. The van der Waals surface area contributed by atoms with Gasteiger partial charge < -0.3 is 20.0 Å². The third-order valence-electron chi connectivity index (χ3n) is 6.12. The first-order valence-corrected chi connectivity index (χ1v) is 10.5. The van der Waals surface area contributed by atoms with E-state index in [-0.39, 0.29) is 11.8 Å². The minimum absolute atomic E-state index is 0.201. The molecule has 28 heavy (non-hydrogen) atoms. The summed E-state index contributed by atoms with van der Waals surface area (Å²) >= 11 is 0. The van der Waals surface area contributed by atoms with Crippen LogP contribution in [0, 0.1) is 0 Å². The molecule has 7 nitrogen and oxygen atoms in total. The Bertz CT molecular complexity index is 696. The summed E-state index contributed by atoms with van der Waals surface area (Å²) in [5.41, 5.74) is 2.35. The van der Waals surface area contributed by atoms with Crippen molar-refractivity contribution in [2.45, 2.75) is 12.8 Å². The molecule has 4 rings (SSSR count). The number of hydrogen-bond acceptors (Lipinski definition) is 5. The highest BCUT2D eigenvalue weighted by Gasteiger charge is 2.27. The fraction of sp³-hybridized carbons (Fsp3) is 0.619. The lowest BCUT2D eigenvalue weighted by atomic mass is 10.2. The van der Waals surface area contributed by atoms with Crippen LogP contribution in [0.5, 0.6) is 0 Å². The Labute approximate surface area is 167 Å². The molecule has 1 aromatic carbocycles. The van der Waals surface area contributed by atoms with Gasteiger partial charge in [-0.25, -0.2) is 0 Å². The van der Waals surface area contributed by atoms with Crippen molar-refractivity contribution < 1.29 is 9.59 Å². The van der Waals surface area contributed by atoms with E-state index in [2.05, 4.69) is 21.2 Å². The number of benzene rings is 1. The summed E-state index contributed by atoms with van der Waals surface area (Å²) in [6.45, 7) is 9.21. The number of anilines is 1. The minimum Gasteiger partial charge on any atom is -0.340 e. The van der Waals surface area contributed by atoms with E-state index in [0.29, 0.717) is 13.0 Å². The second-order valence-corrected chi connectivity index (χ2v) is 7.92. The average molecular weight is 386 g/mol. The maximum absolute atomic E-state index is 12.8. The zero-order valence-corrected chi connectivity index (χ0v) is 16.6. The Kier molecular flexibility index (Phi) is 6.24. The molecule has 2 fully saturated rings. The Balaban J connectivity index is 1.18. The van der Waals surface area contributed by atoms with Gasteiger partial charge in [0.2, 0.25) is 11.8 Å². The molecule has 0 aromatic heterocycles. The monoisotopic (exact) mass is 385 g/mol. The fourth-order valence-corrected chi connectivity index (χ4v) is 4.37. The molecule has 3 aliphatic heterocycles. The van der Waals surface area contributed by atoms with Crippen molar-refractivity contribution in [3.63, 3.8) is 0 Å². The highest BCUT2D eigenvalue weighted by Crippen LogP contribution is 2.27. The van der Waals surface area contributed by atoms with Crippen molar-refractivity contribution in [1.29, 1.82) is 0 Å². The highest BCUT2D eigenvalue weighted by molar-refractivity contribution is 5.96. The van der Waals surface area contributed by atoms with Crippen molar-refractivity contribution in [1.82, 2.24) is 20.0 Å². The standard InChI is InChI=1S/C21H31N5O2/c27-20(25-11-7-22-8-12-25)6-9-23-13-15-24(16-14-23)17-21(28)26-10-5-18-3-1-2-4-19(18)26/h1-4,22H,5-17H2. The van der Waals surface area contributed by atoms with Gasteiger partial charge in [-0.1, -0.05) is 18.2 Å². The van der Waals surface area contributed by atoms with Crippen LogP contribution in [0.4, 0.5) is 5.69 Å². The van der Waals surface area contributed by atoms with E-state index in [1.54, 1.807) is 0 Å². The number of piperazine rings is 2. The molecular weight excluding hydrogens is 354 g/mol. The van der Waals surface area contributed by atoms with Gasteiger partial charge in [0.1, 0.15) is 0 Å². The quantitative estimate of drug-likeness (QED) is 0.774. The van der Waals surface area contributed by atoms with Crippen LogP contribution in [0.15, 0.2) is 24.3 Å². The maximum Gasteiger partial charge on any atom is 0.241 e. The summed E-state index contributed by atoms with van der Waals surface area (Å²) in [6.07, 6.45) is 1.56. The summed E-state index contributed by atoms with van der Waals surface area (Å²) in [7, 11) is 0. The number of carbonyl (C=O) groups is 2. The fourth-order valence-electron chi connectivity index (χ4n) is 4.37. The van der Waals surface area contributed by atoms with Crippen LogP contribution >= 0.6 is 0 Å². The third kappa shape index (κ3) is 4.54. The number of hydrogen-bond donors (Lipinski definition) is 1. The molecule has 0 bridgehead atoms. The Hall–Kier alpha value is -1.96. The van der Waals surface area contributed by atoms with Gasteiger partial charge in [0, 0.05) is 77.6 Å². The molecule has 0 aliphatic carbocycles. The zero-order valence-electron chi connectivity index (χ0n) is 16.6. The number of para-hydroxylation sites is 1. The number of carbonyl (C=O) groups excluding carboxylic acids is 2. The van der Waals surface area contributed by atoms with Crippen LogP contribution in [-0.4, -0.2) is 98.5 Å². The van der Waals surface area contributed by atoms with Gasteiger partial charge >= 0.3 is 0 Å². The molecule has 0 atom stereocenters. The van der Waals surface area contributed by atoms with Crippen LogP contribution in [0.25, 0.3) is 0 Å². The molecule has 3 aliphatic rings. The second kappa shape index (κ2) is 9.03. The maximum atomic E-state index is 12.8. The molecule has 0 radical (unpaired) electrons. The first-order chi connectivity index (χ1) is 13.7. The van der Waals surface area contributed by atoms with E-state index in [1.807, 2.05) is 28.0 Å². The molecule has 0 unspecified atom stereocenters. The van der Waals surface area contributed by atoms with Crippen molar-refractivity contribution in [3.8, 4) is 0 Å². The molecule has 3 heterocycles. The lowest BCUT2D eigenvalue weighted by molar-refractivity contribution is -0.132.